The van der Waals surface area contributed by atoms with Crippen molar-refractivity contribution in [2.75, 3.05) is 104 Å². The molecular weight excluding hydrogens is 1740 g/mol. The van der Waals surface area contributed by atoms with Crippen molar-refractivity contribution in [1.29, 1.82) is 10.8 Å². The number of aliphatic imine (C=N–C) groups is 1. The molecule has 10 atom stereocenters. The summed E-state index contributed by atoms with van der Waals surface area (Å²) in [6, 6.07) is 1.68. The van der Waals surface area contributed by atoms with E-state index in [1.807, 2.05) is 0 Å². The van der Waals surface area contributed by atoms with Gasteiger partial charge in [-0.3, -0.25) is 92.5 Å². The zero-order valence-corrected chi connectivity index (χ0v) is 72.1. The van der Waals surface area contributed by atoms with Crippen LogP contribution in [0.4, 0.5) is 4.39 Å². The number of carbonyl (C=O) groups is 16. The van der Waals surface area contributed by atoms with E-state index < -0.39 is 201 Å². The first-order valence-corrected chi connectivity index (χ1v) is 43.4. The number of benzene rings is 3. The molecule has 704 valence electrons. The third kappa shape index (κ3) is 38.1. The van der Waals surface area contributed by atoms with Crippen molar-refractivity contribution in [3.8, 4) is 17.2 Å². The van der Waals surface area contributed by atoms with Gasteiger partial charge in [0.25, 0.3) is 0 Å². The lowest BCUT2D eigenvalue weighted by Gasteiger charge is -2.26. The first-order chi connectivity index (χ1) is 61.8. The number of nitrogens with zero attached hydrogens (tertiary/aromatic N) is 2. The van der Waals surface area contributed by atoms with Crippen LogP contribution in [0, 0.1) is 10.8 Å². The number of thioether (sulfide) groups is 1. The van der Waals surface area contributed by atoms with Crippen molar-refractivity contribution in [3.63, 3.8) is 0 Å². The van der Waals surface area contributed by atoms with Crippen LogP contribution in [0.1, 0.15) is 106 Å². The third-order valence-electron chi connectivity index (χ3n) is 19.6. The maximum atomic E-state index is 14.5. The van der Waals surface area contributed by atoms with Crippen LogP contribution in [-0.2, 0) is 104 Å². The van der Waals surface area contributed by atoms with E-state index in [9.17, 15) is 102 Å². The lowest BCUT2D eigenvalue weighted by Crippen LogP contribution is -2.58. The summed E-state index contributed by atoms with van der Waals surface area (Å²) in [6.07, 6.45) is -3.36. The Bertz CT molecular complexity index is 4590. The Balaban J connectivity index is 0.994. The second-order valence-corrected chi connectivity index (χ2v) is 31.8. The minimum atomic E-state index is -1.78. The van der Waals surface area contributed by atoms with Crippen LogP contribution in [0.3, 0.4) is 0 Å². The molecule has 0 bridgehead atoms. The average molecular weight is 1850 g/mol. The van der Waals surface area contributed by atoms with E-state index in [2.05, 4.69) is 95.0 Å². The number of aromatic hydroxyl groups is 2. The molecule has 14 amide bonds. The molecule has 26 N–H and O–H groups in total. The van der Waals surface area contributed by atoms with Crippen LogP contribution >= 0.6 is 23.1 Å². The zero-order valence-electron chi connectivity index (χ0n) is 70.4. The van der Waals surface area contributed by atoms with E-state index in [-0.39, 0.29) is 179 Å². The second kappa shape index (κ2) is 54.8. The Kier molecular flexibility index (Phi) is 43.7. The molecule has 3 aliphatic heterocycles. The highest BCUT2D eigenvalue weighted by Gasteiger charge is 2.37. The number of hydrogen-bond donors (Lipinski definition) is 24. The number of thiazole rings is 1. The number of hydrogen-bond acceptors (Lipinski definition) is 28. The number of halogens is 1. The van der Waals surface area contributed by atoms with Gasteiger partial charge in [-0.1, -0.05) is 24.3 Å². The van der Waals surface area contributed by atoms with Crippen LogP contribution in [-0.4, -0.2) is 302 Å². The Morgan fingerprint density at radius 3 is 1.45 bits per heavy atom. The number of fused-ring (bicyclic) bond motifs is 1. The molecular formula is C80H111FN22O24S2. The molecule has 1 aromatic heterocycles. The molecule has 3 aliphatic rings. The van der Waals surface area contributed by atoms with Gasteiger partial charge in [0.2, 0.25) is 82.7 Å². The number of unbranched alkanes of at least 4 members (excludes halogenated alkanes) is 2. The van der Waals surface area contributed by atoms with Crippen molar-refractivity contribution in [3.05, 3.63) is 82.9 Å². The lowest BCUT2D eigenvalue weighted by atomic mass is 10.0. The molecule has 4 heterocycles. The van der Waals surface area contributed by atoms with Gasteiger partial charge < -0.3 is 136 Å². The van der Waals surface area contributed by atoms with Crippen LogP contribution in [0.15, 0.2) is 71.7 Å². The van der Waals surface area contributed by atoms with Crippen molar-refractivity contribution in [2.24, 2.45) is 16.5 Å². The maximum absolute atomic E-state index is 14.5. The fourth-order valence-corrected chi connectivity index (χ4v) is 15.1. The summed E-state index contributed by atoms with van der Waals surface area (Å²) in [5.74, 6) is -15.5. The van der Waals surface area contributed by atoms with Crippen LogP contribution in [0.25, 0.3) is 10.2 Å². The molecule has 0 aliphatic carbocycles. The number of phenols is 2. The van der Waals surface area contributed by atoms with E-state index in [4.69, 9.17) is 41.2 Å². The highest BCUT2D eigenvalue weighted by atomic mass is 32.2. The van der Waals surface area contributed by atoms with Crippen molar-refractivity contribution >= 4 is 145 Å². The fourth-order valence-electron chi connectivity index (χ4n) is 13.0. The van der Waals surface area contributed by atoms with Gasteiger partial charge in [0, 0.05) is 57.7 Å². The summed E-state index contributed by atoms with van der Waals surface area (Å²) < 4.78 is 35.6. The number of rotatable bonds is 47. The van der Waals surface area contributed by atoms with E-state index in [0.717, 1.165) is 4.70 Å². The standard InChI is InChI=1S/C80H111FN22O24S2/c81-23-29-127-48-19-20-49-60(37-48)129-78(102-49)77-103-59(43-128-77)70(117)88-28-30-124-31-32-125-33-34-126-42-64(109)93-54(67(114)87-25-4-2-8-53-72(119)97-51(10-6-27-90-80(84)85)69(116)92-41-63(108)95-58(39-66(112)113)76(123)101-56(74(121)99-53)36-45-13-17-47(105)18-14-45)21-22-61(106)86-24-3-1-7-52-71(118)96-50(9-5-26-89-79(82)83)68(115)91-40-62(107)94-57(38-65(110)111)75(122)100-55(73(120)98-52)35-44-11-15-46(104)16-12-44/h11-20,37,50-59,104-105H,1-10,21-36,38-43H2,(H,86,106)(H,87,114)(H,88,117)(H,91,115)(H,92,116)(H,93,109)(H,94,107)(H,95,108)(H,96,118)(H,97,119)(H,98,120)(H,99,121)(H,100,122)(H,101,123)(H,110,111)(H,112,113)(H4,82,83,89)(H4,84,85,90)/t50-,51-,52-,53-,54?,55+,56+,57-,58-,59-/m0/s1/i81-1. The van der Waals surface area contributed by atoms with Gasteiger partial charge in [-0.2, -0.15) is 0 Å². The molecule has 2 fully saturated rings. The summed E-state index contributed by atoms with van der Waals surface area (Å²) >= 11 is 2.78. The molecule has 1 unspecified atom stereocenters. The van der Waals surface area contributed by atoms with Crippen LogP contribution < -0.4 is 101 Å². The largest absolute Gasteiger partial charge is 0.508 e. The number of ether oxygens (including phenoxy) is 4. The van der Waals surface area contributed by atoms with Gasteiger partial charge in [-0.15, -0.1) is 23.1 Å². The molecule has 7 rings (SSSR count). The van der Waals surface area contributed by atoms with E-state index in [0.29, 0.717) is 38.2 Å². The molecule has 0 radical (unpaired) electrons. The number of amides is 14. The topological polar surface area (TPSA) is 708 Å². The predicted octanol–water partition coefficient (Wildman–Crippen LogP) is -4.98. The minimum absolute atomic E-state index is 0.0140. The number of carbonyl (C=O) groups excluding carboxylic acids is 14. The monoisotopic (exact) mass is 1850 g/mol. The number of carboxylic acids is 2. The van der Waals surface area contributed by atoms with Crippen molar-refractivity contribution in [2.45, 2.75) is 163 Å². The zero-order chi connectivity index (χ0) is 93.7. The number of aromatic nitrogens is 1. The van der Waals surface area contributed by atoms with E-state index >= 15 is 0 Å². The van der Waals surface area contributed by atoms with Crippen LogP contribution in [0.5, 0.6) is 17.2 Å². The highest BCUT2D eigenvalue weighted by Crippen LogP contribution is 2.32. The predicted molar refractivity (Wildman–Crippen MR) is 462 cm³/mol. The Hall–Kier alpha value is -13.2. The minimum Gasteiger partial charge on any atom is -0.508 e. The van der Waals surface area contributed by atoms with E-state index in [1.165, 1.54) is 71.6 Å². The SMILES string of the molecule is N=C(N)NCCC[C@@H]1NC(=O)[C@H](CCCCNC(=O)CCC(NC(=O)COCCOCCOCCNC(=O)[C@@H]2CSC(c3nc4ccc(OCC[18F])cc4s3)=N2)C(=O)NCCCC[C@@H]2NC(=O)[C@@H](Cc3ccc(O)cc3)NC(=O)[C@H](CC(=O)O)NC(=O)CNC(=O)[C@H](CCCNC(=N)N)NC2=O)NC(=O)[C@@H](Cc2ccc(O)cc2)NC(=O)[C@H](CC(=O)O)NC(=O)CNC1=O. The number of nitrogens with one attached hydrogen (secondary N) is 18. The number of alkyl halides is 1. The Morgan fingerprint density at radius 2 is 0.953 bits per heavy atom. The Morgan fingerprint density at radius 1 is 0.504 bits per heavy atom. The Labute approximate surface area is 747 Å². The molecule has 3 aromatic carbocycles. The first kappa shape index (κ1) is 103. The molecule has 2 saturated heterocycles. The van der Waals surface area contributed by atoms with Gasteiger partial charge in [-0.25, -0.2) is 9.37 Å². The highest BCUT2D eigenvalue weighted by molar-refractivity contribution is 8.15. The summed E-state index contributed by atoms with van der Waals surface area (Å²) in [5.41, 5.74) is 12.4. The third-order valence-corrected chi connectivity index (χ3v) is 21.8. The number of carboxylic acid groups (broad SMARTS) is 2. The molecule has 49 heteroatoms. The summed E-state index contributed by atoms with van der Waals surface area (Å²) in [6.45, 7) is -2.60. The lowest BCUT2D eigenvalue weighted by molar-refractivity contribution is -0.141. The van der Waals surface area contributed by atoms with Crippen molar-refractivity contribution in [1.82, 2.24) is 90.1 Å². The second-order valence-electron chi connectivity index (χ2n) is 29.8. The molecule has 4 aromatic rings. The summed E-state index contributed by atoms with van der Waals surface area (Å²) in [7, 11) is 0. The quantitative estimate of drug-likeness (QED) is 0.0112. The van der Waals surface area contributed by atoms with Gasteiger partial charge in [0.15, 0.2) is 11.9 Å². The van der Waals surface area contributed by atoms with Crippen molar-refractivity contribution < 1.29 is 120 Å². The number of aliphatic carboxylic acids is 2. The van der Waals surface area contributed by atoms with Gasteiger partial charge >= 0.3 is 11.9 Å². The van der Waals surface area contributed by atoms with Gasteiger partial charge in [0.05, 0.1) is 69.2 Å². The van der Waals surface area contributed by atoms with Crippen LogP contribution in [0.2, 0.25) is 0 Å². The maximum Gasteiger partial charge on any atom is 0.305 e. The number of guanidine groups is 2. The molecule has 0 saturated carbocycles. The first-order valence-electron chi connectivity index (χ1n) is 41.6. The van der Waals surface area contributed by atoms with E-state index in [1.54, 1.807) is 18.2 Å². The molecule has 129 heavy (non-hydrogen) atoms. The number of phenolic OH excluding ortho intramolecular Hbond substituents is 2. The fraction of sp³-hybridized carbons (Fsp3) is 0.525. The average Bonchev–Trinajstić information content (AvgIpc) is 1.68. The van der Waals surface area contributed by atoms with Gasteiger partial charge in [-0.05, 0) is 124 Å². The summed E-state index contributed by atoms with van der Waals surface area (Å²) in [5, 5.41) is 96.3. The summed E-state index contributed by atoms with van der Waals surface area (Å²) in [4.78, 5) is 227. The molecule has 46 nitrogen and oxygen atoms in total. The normalized spacial score (nSPS) is 20.0. The molecule has 0 spiro atoms. The van der Waals surface area contributed by atoms with Gasteiger partial charge in [0.1, 0.15) is 108 Å². The smallest absolute Gasteiger partial charge is 0.305 e. The number of nitrogens with two attached hydrogens (primary N) is 2.